The average Bonchev–Trinajstić information content (AvgIpc) is 2.07. The van der Waals surface area contributed by atoms with Crippen molar-refractivity contribution in [1.29, 1.82) is 0 Å². The number of nitrogens with zero attached hydrogens (tertiary/aromatic N) is 2. The predicted molar refractivity (Wildman–Crippen MR) is 47.4 cm³/mol. The Morgan fingerprint density at radius 3 is 3.17 bits per heavy atom. The van der Waals surface area contributed by atoms with Gasteiger partial charge in [0.15, 0.2) is 0 Å². The number of aryl methyl sites for hydroxylation is 1. The molecule has 2 N–H and O–H groups in total. The first-order valence-electron chi connectivity index (χ1n) is 3.53. The number of hydrazone groups is 1. The minimum absolute atomic E-state index is 0.380. The Balaban J connectivity index is 2.97. The largest absolute Gasteiger partial charge is 0.346 e. The molecule has 1 aromatic heterocycles. The number of rotatable bonds is 2. The second kappa shape index (κ2) is 3.66. The third-order valence-electron chi connectivity index (χ3n) is 1.31. The van der Waals surface area contributed by atoms with Crippen molar-refractivity contribution in [2.45, 2.75) is 13.8 Å². The molecule has 1 rings (SSSR count). The fraction of sp³-hybridized carbons (Fsp3) is 0.286. The van der Waals surface area contributed by atoms with Crippen molar-refractivity contribution in [1.82, 2.24) is 9.97 Å². The van der Waals surface area contributed by atoms with E-state index in [0.717, 1.165) is 5.56 Å². The summed E-state index contributed by atoms with van der Waals surface area (Å²) in [6.45, 7) is 3.61. The van der Waals surface area contributed by atoms with Crippen molar-refractivity contribution < 1.29 is 0 Å². The van der Waals surface area contributed by atoms with E-state index in [1.54, 1.807) is 13.1 Å². The molecule has 0 atom stereocenters. The van der Waals surface area contributed by atoms with Crippen LogP contribution in [0.4, 0.5) is 5.82 Å². The van der Waals surface area contributed by atoms with Gasteiger partial charge in [0.05, 0.1) is 0 Å². The number of nitrogens with one attached hydrogen (secondary N) is 2. The van der Waals surface area contributed by atoms with Gasteiger partial charge in [-0.1, -0.05) is 0 Å². The standard InChI is InChI=1S/C7H10N4O/c1-3-9-11-6-5(2)4-8-7(12)10-6/h3-4H,1-2H3,(H2,8,10,11,12)/b9-3+. The van der Waals surface area contributed by atoms with Crippen LogP contribution in [0.3, 0.4) is 0 Å². The quantitative estimate of drug-likeness (QED) is 0.496. The van der Waals surface area contributed by atoms with Gasteiger partial charge in [-0.15, -0.1) is 0 Å². The molecule has 5 nitrogen and oxygen atoms in total. The number of aromatic amines is 1. The molecular formula is C7H10N4O. The first kappa shape index (κ1) is 8.45. The normalized spacial score (nSPS) is 10.5. The van der Waals surface area contributed by atoms with Crippen molar-refractivity contribution >= 4 is 12.0 Å². The smallest absolute Gasteiger partial charge is 0.291 e. The monoisotopic (exact) mass is 166 g/mol. The summed E-state index contributed by atoms with van der Waals surface area (Å²) in [5.74, 6) is 0.577. The van der Waals surface area contributed by atoms with Crippen LogP contribution in [0.25, 0.3) is 0 Å². The number of anilines is 1. The molecule has 64 valence electrons. The molecule has 0 aromatic carbocycles. The van der Waals surface area contributed by atoms with Gasteiger partial charge in [-0.25, -0.2) is 9.78 Å². The molecular weight excluding hydrogens is 156 g/mol. The maximum Gasteiger partial charge on any atom is 0.346 e. The zero-order valence-corrected chi connectivity index (χ0v) is 6.96. The van der Waals surface area contributed by atoms with Crippen LogP contribution < -0.4 is 11.1 Å². The van der Waals surface area contributed by atoms with E-state index in [-0.39, 0.29) is 5.69 Å². The SMILES string of the molecule is C/C=N/Nc1[nH]c(=O)ncc1C. The highest BCUT2D eigenvalue weighted by molar-refractivity contribution is 5.55. The Morgan fingerprint density at radius 1 is 1.75 bits per heavy atom. The molecule has 0 aliphatic carbocycles. The Morgan fingerprint density at radius 2 is 2.50 bits per heavy atom. The van der Waals surface area contributed by atoms with Crippen LogP contribution in [0.15, 0.2) is 16.1 Å². The Labute approximate surface area is 69.5 Å². The summed E-state index contributed by atoms with van der Waals surface area (Å²) in [7, 11) is 0. The summed E-state index contributed by atoms with van der Waals surface area (Å²) in [5.41, 5.74) is 3.14. The van der Waals surface area contributed by atoms with Gasteiger partial charge in [-0.3, -0.25) is 10.4 Å². The van der Waals surface area contributed by atoms with Crippen LogP contribution in [-0.4, -0.2) is 16.2 Å². The molecule has 1 aromatic rings. The summed E-state index contributed by atoms with van der Waals surface area (Å²) < 4.78 is 0. The van der Waals surface area contributed by atoms with E-state index in [1.807, 2.05) is 6.92 Å². The highest BCUT2D eigenvalue weighted by Gasteiger charge is 1.96. The van der Waals surface area contributed by atoms with Crippen molar-refractivity contribution in [3.8, 4) is 0 Å². The molecule has 0 radical (unpaired) electrons. The zero-order chi connectivity index (χ0) is 8.97. The topological polar surface area (TPSA) is 70.1 Å². The van der Waals surface area contributed by atoms with Crippen molar-refractivity contribution in [3.05, 3.63) is 22.2 Å². The molecule has 0 bridgehead atoms. The van der Waals surface area contributed by atoms with Crippen LogP contribution in [0.2, 0.25) is 0 Å². The molecule has 5 heteroatoms. The second-order valence-corrected chi connectivity index (χ2v) is 2.25. The van der Waals surface area contributed by atoms with E-state index < -0.39 is 0 Å². The maximum atomic E-state index is 10.7. The molecule has 12 heavy (non-hydrogen) atoms. The summed E-state index contributed by atoms with van der Waals surface area (Å²) in [6.07, 6.45) is 3.09. The second-order valence-electron chi connectivity index (χ2n) is 2.25. The van der Waals surface area contributed by atoms with E-state index in [1.165, 1.54) is 6.20 Å². The molecule has 0 fully saturated rings. The predicted octanol–water partition coefficient (Wildman–Crippen LogP) is 0.496. The first-order chi connectivity index (χ1) is 5.74. The minimum atomic E-state index is -0.380. The van der Waals surface area contributed by atoms with Crippen LogP contribution in [0.5, 0.6) is 0 Å². The molecule has 0 spiro atoms. The van der Waals surface area contributed by atoms with Gasteiger partial charge >= 0.3 is 5.69 Å². The zero-order valence-electron chi connectivity index (χ0n) is 6.96. The van der Waals surface area contributed by atoms with Crippen LogP contribution in [0.1, 0.15) is 12.5 Å². The summed E-state index contributed by atoms with van der Waals surface area (Å²) in [4.78, 5) is 16.8. The third kappa shape index (κ3) is 1.91. The lowest BCUT2D eigenvalue weighted by Gasteiger charge is -2.01. The van der Waals surface area contributed by atoms with Gasteiger partial charge in [-0.05, 0) is 13.8 Å². The van der Waals surface area contributed by atoms with Crippen molar-refractivity contribution in [2.75, 3.05) is 5.43 Å². The number of hydrogen-bond acceptors (Lipinski definition) is 4. The van der Waals surface area contributed by atoms with E-state index in [4.69, 9.17) is 0 Å². The third-order valence-corrected chi connectivity index (χ3v) is 1.31. The fourth-order valence-electron chi connectivity index (χ4n) is 0.703. The Bertz CT molecular complexity index is 342. The lowest BCUT2D eigenvalue weighted by molar-refractivity contribution is 1.04. The van der Waals surface area contributed by atoms with Crippen molar-refractivity contribution in [2.24, 2.45) is 5.10 Å². The number of hydrogen-bond donors (Lipinski definition) is 2. The molecule has 0 unspecified atom stereocenters. The molecule has 1 heterocycles. The van der Waals surface area contributed by atoms with Crippen LogP contribution in [-0.2, 0) is 0 Å². The Kier molecular flexibility index (Phi) is 2.57. The van der Waals surface area contributed by atoms with Gasteiger partial charge in [-0.2, -0.15) is 5.10 Å². The molecule has 0 aliphatic heterocycles. The molecule has 0 aliphatic rings. The summed E-state index contributed by atoms with van der Waals surface area (Å²) >= 11 is 0. The average molecular weight is 166 g/mol. The number of aromatic nitrogens is 2. The van der Waals surface area contributed by atoms with E-state index in [0.29, 0.717) is 5.82 Å². The van der Waals surface area contributed by atoms with Gasteiger partial charge in [0, 0.05) is 18.0 Å². The minimum Gasteiger partial charge on any atom is -0.291 e. The maximum absolute atomic E-state index is 10.7. The first-order valence-corrected chi connectivity index (χ1v) is 3.53. The summed E-state index contributed by atoms with van der Waals surface area (Å²) in [6, 6.07) is 0. The lowest BCUT2D eigenvalue weighted by Crippen LogP contribution is -2.12. The van der Waals surface area contributed by atoms with Crippen LogP contribution in [0, 0.1) is 6.92 Å². The lowest BCUT2D eigenvalue weighted by atomic mass is 10.4. The van der Waals surface area contributed by atoms with Gasteiger partial charge < -0.3 is 0 Å². The number of H-pyrrole nitrogens is 1. The molecule has 0 saturated carbocycles. The van der Waals surface area contributed by atoms with E-state index in [2.05, 4.69) is 20.5 Å². The van der Waals surface area contributed by atoms with E-state index >= 15 is 0 Å². The highest BCUT2D eigenvalue weighted by atomic mass is 16.1. The highest BCUT2D eigenvalue weighted by Crippen LogP contribution is 2.04. The Hall–Kier alpha value is -1.65. The summed E-state index contributed by atoms with van der Waals surface area (Å²) in [5, 5.41) is 3.77. The van der Waals surface area contributed by atoms with Crippen molar-refractivity contribution in [3.63, 3.8) is 0 Å². The van der Waals surface area contributed by atoms with Gasteiger partial charge in [0.1, 0.15) is 5.82 Å². The molecule has 0 saturated heterocycles. The molecule has 0 amide bonds. The van der Waals surface area contributed by atoms with Gasteiger partial charge in [0.25, 0.3) is 0 Å². The van der Waals surface area contributed by atoms with Crippen LogP contribution >= 0.6 is 0 Å². The fourth-order valence-corrected chi connectivity index (χ4v) is 0.703. The van der Waals surface area contributed by atoms with E-state index in [9.17, 15) is 4.79 Å². The van der Waals surface area contributed by atoms with Gasteiger partial charge in [0.2, 0.25) is 0 Å².